The molecule has 1 aliphatic heterocycles. The van der Waals surface area contributed by atoms with Crippen LogP contribution in [0.25, 0.3) is 0 Å². The number of para-hydroxylation sites is 2. The SMILES string of the molecule is CCc1ccccc1NC(=O)NC1N=C(c2ccccc2)c2ccccc2N(C)C1=O. The van der Waals surface area contributed by atoms with Crippen LogP contribution in [0.5, 0.6) is 0 Å². The molecule has 3 amide bonds. The number of aliphatic imine (C=N–C) groups is 1. The normalized spacial score (nSPS) is 15.5. The average Bonchev–Trinajstić information content (AvgIpc) is 2.91. The van der Waals surface area contributed by atoms with E-state index in [2.05, 4.69) is 10.6 Å². The number of rotatable bonds is 4. The second-order valence-electron chi connectivity index (χ2n) is 7.27. The maximum absolute atomic E-state index is 13.2. The molecule has 1 unspecified atom stereocenters. The predicted molar refractivity (Wildman–Crippen MR) is 124 cm³/mol. The van der Waals surface area contributed by atoms with Gasteiger partial charge in [0, 0.05) is 23.9 Å². The lowest BCUT2D eigenvalue weighted by Gasteiger charge is -2.21. The fourth-order valence-corrected chi connectivity index (χ4v) is 3.68. The molecular formula is C25H24N4O2. The van der Waals surface area contributed by atoms with Gasteiger partial charge in [-0.3, -0.25) is 4.79 Å². The van der Waals surface area contributed by atoms with Gasteiger partial charge in [0.1, 0.15) is 0 Å². The van der Waals surface area contributed by atoms with Crippen LogP contribution in [-0.4, -0.2) is 30.9 Å². The van der Waals surface area contributed by atoms with Gasteiger partial charge in [-0.2, -0.15) is 0 Å². The van der Waals surface area contributed by atoms with Gasteiger partial charge < -0.3 is 15.5 Å². The number of carbonyl (C=O) groups is 2. The van der Waals surface area contributed by atoms with Gasteiger partial charge in [-0.25, -0.2) is 9.79 Å². The third kappa shape index (κ3) is 4.19. The number of amides is 3. The summed E-state index contributed by atoms with van der Waals surface area (Å²) >= 11 is 0. The van der Waals surface area contributed by atoms with Crippen molar-refractivity contribution in [2.24, 2.45) is 4.99 Å². The van der Waals surface area contributed by atoms with Crippen molar-refractivity contribution in [2.75, 3.05) is 17.3 Å². The lowest BCUT2D eigenvalue weighted by Crippen LogP contribution is -2.47. The smallest absolute Gasteiger partial charge is 0.311 e. The number of benzodiazepines with no additional fused rings is 1. The molecule has 6 heteroatoms. The van der Waals surface area contributed by atoms with Crippen molar-refractivity contribution >= 4 is 29.0 Å². The summed E-state index contributed by atoms with van der Waals surface area (Å²) in [7, 11) is 1.70. The first kappa shape index (κ1) is 20.3. The Kier molecular flexibility index (Phi) is 5.80. The molecular weight excluding hydrogens is 388 g/mol. The Labute approximate surface area is 181 Å². The van der Waals surface area contributed by atoms with Gasteiger partial charge in [-0.05, 0) is 24.1 Å². The van der Waals surface area contributed by atoms with E-state index < -0.39 is 12.2 Å². The minimum Gasteiger partial charge on any atom is -0.311 e. The Morgan fingerprint density at radius 1 is 0.968 bits per heavy atom. The number of aryl methyl sites for hydroxylation is 1. The largest absolute Gasteiger partial charge is 0.321 e. The Morgan fingerprint density at radius 2 is 1.65 bits per heavy atom. The number of urea groups is 1. The number of nitrogens with one attached hydrogen (secondary N) is 2. The summed E-state index contributed by atoms with van der Waals surface area (Å²) in [6.07, 6.45) is -0.269. The molecule has 0 aliphatic carbocycles. The van der Waals surface area contributed by atoms with Crippen molar-refractivity contribution in [1.29, 1.82) is 0 Å². The highest BCUT2D eigenvalue weighted by molar-refractivity contribution is 6.20. The van der Waals surface area contributed by atoms with E-state index in [4.69, 9.17) is 4.99 Å². The Hall–Kier alpha value is -3.93. The fraction of sp³-hybridized carbons (Fsp3) is 0.160. The third-order valence-electron chi connectivity index (χ3n) is 5.30. The van der Waals surface area contributed by atoms with E-state index in [9.17, 15) is 9.59 Å². The van der Waals surface area contributed by atoms with Crippen LogP contribution in [0.2, 0.25) is 0 Å². The van der Waals surface area contributed by atoms with Gasteiger partial charge in [0.05, 0.1) is 11.4 Å². The van der Waals surface area contributed by atoms with Crippen LogP contribution in [0.4, 0.5) is 16.2 Å². The zero-order chi connectivity index (χ0) is 21.8. The molecule has 0 fully saturated rings. The molecule has 3 aromatic rings. The average molecular weight is 412 g/mol. The first-order chi connectivity index (χ1) is 15.1. The van der Waals surface area contributed by atoms with Crippen LogP contribution < -0.4 is 15.5 Å². The van der Waals surface area contributed by atoms with Crippen LogP contribution in [0.3, 0.4) is 0 Å². The first-order valence-corrected chi connectivity index (χ1v) is 10.2. The molecule has 4 rings (SSSR count). The highest BCUT2D eigenvalue weighted by Gasteiger charge is 2.31. The van der Waals surface area contributed by atoms with Crippen molar-refractivity contribution in [3.05, 3.63) is 95.6 Å². The lowest BCUT2D eigenvalue weighted by molar-refractivity contribution is -0.119. The number of hydrogen-bond donors (Lipinski definition) is 2. The van der Waals surface area contributed by atoms with E-state index in [0.29, 0.717) is 11.4 Å². The summed E-state index contributed by atoms with van der Waals surface area (Å²) in [6, 6.07) is 24.4. The quantitative estimate of drug-likeness (QED) is 0.674. The number of hydrogen-bond acceptors (Lipinski definition) is 3. The van der Waals surface area contributed by atoms with Crippen LogP contribution in [-0.2, 0) is 11.2 Å². The van der Waals surface area contributed by atoms with Gasteiger partial charge >= 0.3 is 6.03 Å². The van der Waals surface area contributed by atoms with Gasteiger partial charge in [-0.1, -0.05) is 73.7 Å². The predicted octanol–water partition coefficient (Wildman–Crippen LogP) is 4.21. The minimum atomic E-state index is -1.05. The summed E-state index contributed by atoms with van der Waals surface area (Å²) < 4.78 is 0. The molecule has 156 valence electrons. The summed E-state index contributed by atoms with van der Waals surface area (Å²) in [5.41, 5.74) is 4.85. The molecule has 0 radical (unpaired) electrons. The molecule has 1 aliphatic rings. The number of nitrogens with zero attached hydrogens (tertiary/aromatic N) is 2. The van der Waals surface area contributed by atoms with Crippen LogP contribution in [0.1, 0.15) is 23.6 Å². The van der Waals surface area contributed by atoms with Gasteiger partial charge in [0.15, 0.2) is 0 Å². The van der Waals surface area contributed by atoms with E-state index in [1.807, 2.05) is 85.8 Å². The lowest BCUT2D eigenvalue weighted by atomic mass is 10.0. The van der Waals surface area contributed by atoms with Crippen molar-refractivity contribution in [1.82, 2.24) is 5.32 Å². The third-order valence-corrected chi connectivity index (χ3v) is 5.30. The zero-order valence-electron chi connectivity index (χ0n) is 17.5. The zero-order valence-corrected chi connectivity index (χ0v) is 17.5. The van der Waals surface area contributed by atoms with Crippen molar-refractivity contribution in [3.63, 3.8) is 0 Å². The summed E-state index contributed by atoms with van der Waals surface area (Å²) in [5.74, 6) is -0.308. The van der Waals surface area contributed by atoms with E-state index in [-0.39, 0.29) is 5.91 Å². The molecule has 0 aromatic heterocycles. The molecule has 31 heavy (non-hydrogen) atoms. The molecule has 0 bridgehead atoms. The first-order valence-electron chi connectivity index (χ1n) is 10.2. The minimum absolute atomic E-state index is 0.308. The maximum atomic E-state index is 13.2. The standard InChI is InChI=1S/C25H24N4O2/c1-3-17-11-7-9-15-20(17)26-25(31)28-23-24(30)29(2)21-16-10-8-14-19(21)22(27-23)18-12-5-4-6-13-18/h4-16,23H,3H2,1-2H3,(H2,26,28,31). The van der Waals surface area contributed by atoms with E-state index in [1.165, 1.54) is 0 Å². The fourth-order valence-electron chi connectivity index (χ4n) is 3.68. The van der Waals surface area contributed by atoms with E-state index in [0.717, 1.165) is 28.8 Å². The number of fused-ring (bicyclic) bond motifs is 1. The second-order valence-corrected chi connectivity index (χ2v) is 7.27. The Morgan fingerprint density at radius 3 is 2.42 bits per heavy atom. The van der Waals surface area contributed by atoms with Gasteiger partial charge in [0.2, 0.25) is 6.17 Å². The van der Waals surface area contributed by atoms with E-state index in [1.54, 1.807) is 11.9 Å². The van der Waals surface area contributed by atoms with Crippen molar-refractivity contribution in [3.8, 4) is 0 Å². The molecule has 0 saturated heterocycles. The van der Waals surface area contributed by atoms with Gasteiger partial charge in [0.25, 0.3) is 5.91 Å². The van der Waals surface area contributed by atoms with Crippen LogP contribution >= 0.6 is 0 Å². The summed E-state index contributed by atoms with van der Waals surface area (Å²) in [6.45, 7) is 2.02. The Bertz CT molecular complexity index is 1140. The summed E-state index contributed by atoms with van der Waals surface area (Å²) in [4.78, 5) is 32.2. The summed E-state index contributed by atoms with van der Waals surface area (Å²) in [5, 5.41) is 5.59. The Balaban J connectivity index is 1.68. The van der Waals surface area contributed by atoms with Crippen molar-refractivity contribution < 1.29 is 9.59 Å². The van der Waals surface area contributed by atoms with Crippen molar-refractivity contribution in [2.45, 2.75) is 19.5 Å². The van der Waals surface area contributed by atoms with Crippen LogP contribution in [0, 0.1) is 0 Å². The molecule has 3 aromatic carbocycles. The molecule has 1 heterocycles. The van der Waals surface area contributed by atoms with Crippen LogP contribution in [0.15, 0.2) is 83.9 Å². The highest BCUT2D eigenvalue weighted by atomic mass is 16.2. The molecule has 0 saturated carbocycles. The second kappa shape index (κ2) is 8.83. The number of benzene rings is 3. The monoisotopic (exact) mass is 412 g/mol. The van der Waals surface area contributed by atoms with Gasteiger partial charge in [-0.15, -0.1) is 0 Å². The van der Waals surface area contributed by atoms with E-state index >= 15 is 0 Å². The molecule has 0 spiro atoms. The number of carbonyl (C=O) groups excluding carboxylic acids is 2. The number of likely N-dealkylation sites (N-methyl/N-ethyl adjacent to an activating group) is 1. The highest BCUT2D eigenvalue weighted by Crippen LogP contribution is 2.27. The topological polar surface area (TPSA) is 73.8 Å². The molecule has 6 nitrogen and oxygen atoms in total. The number of anilines is 2. The maximum Gasteiger partial charge on any atom is 0.321 e. The molecule has 2 N–H and O–H groups in total. The molecule has 1 atom stereocenters.